The van der Waals surface area contributed by atoms with Crippen LogP contribution in [0.5, 0.6) is 11.5 Å². The summed E-state index contributed by atoms with van der Waals surface area (Å²) in [4.78, 5) is 37.5. The molecule has 1 saturated heterocycles. The molecule has 1 aromatic carbocycles. The van der Waals surface area contributed by atoms with Gasteiger partial charge in [-0.3, -0.25) is 28.5 Å². The summed E-state index contributed by atoms with van der Waals surface area (Å²) in [6.07, 6.45) is -0.278. The summed E-state index contributed by atoms with van der Waals surface area (Å²) in [7, 11) is 1.52. The molecular weight excluding hydrogens is 507 g/mol. The third-order valence-electron chi connectivity index (χ3n) is 5.37. The van der Waals surface area contributed by atoms with E-state index in [0.29, 0.717) is 6.42 Å². The van der Waals surface area contributed by atoms with E-state index in [-0.39, 0.29) is 59.9 Å². The van der Waals surface area contributed by atoms with Gasteiger partial charge in [0.1, 0.15) is 6.61 Å². The van der Waals surface area contributed by atoms with Crippen molar-refractivity contribution in [3.8, 4) is 11.5 Å². The third-order valence-corrected chi connectivity index (χ3v) is 7.89. The second kappa shape index (κ2) is 12.5. The van der Waals surface area contributed by atoms with Crippen LogP contribution < -0.4 is 9.47 Å². The summed E-state index contributed by atoms with van der Waals surface area (Å²) >= 11 is 0.995. The number of nitro benzene ring substituents is 1. The molecule has 1 aliphatic rings. The Morgan fingerprint density at radius 3 is 2.37 bits per heavy atom. The first kappa shape index (κ1) is 28.9. The number of benzene rings is 1. The van der Waals surface area contributed by atoms with Crippen molar-refractivity contribution in [1.29, 1.82) is 0 Å². The minimum atomic E-state index is -3.61. The van der Waals surface area contributed by atoms with Crippen LogP contribution >= 0.6 is 19.6 Å². The molecule has 1 fully saturated rings. The fourth-order valence-corrected chi connectivity index (χ4v) is 5.01. The van der Waals surface area contributed by atoms with Crippen LogP contribution in [-0.2, 0) is 34.3 Å². The van der Waals surface area contributed by atoms with Gasteiger partial charge in [0.2, 0.25) is 0 Å². The number of thioether (sulfide) groups is 1. The zero-order chi connectivity index (χ0) is 26.2. The Hall–Kier alpha value is -2.38. The largest absolute Gasteiger partial charge is 0.493 e. The first-order chi connectivity index (χ1) is 16.5. The van der Waals surface area contributed by atoms with E-state index in [1.807, 2.05) is 0 Å². The molecule has 1 heterocycles. The molecule has 1 unspecified atom stereocenters. The number of hydrogen-bond acceptors (Lipinski definition) is 12. The molecule has 1 amide bonds. The number of rotatable bonds is 12. The van der Waals surface area contributed by atoms with Crippen molar-refractivity contribution >= 4 is 36.5 Å². The number of phosphoric ester groups is 1. The second-order valence-corrected chi connectivity index (χ2v) is 10.6. The Labute approximate surface area is 207 Å². The maximum absolute atomic E-state index is 12.7. The molecule has 1 aromatic rings. The number of likely N-dealkylation sites (tertiary alicyclic amines) is 1. The van der Waals surface area contributed by atoms with E-state index >= 15 is 0 Å². The van der Waals surface area contributed by atoms with Gasteiger partial charge in [-0.25, -0.2) is 9.36 Å². The second-order valence-electron chi connectivity index (χ2n) is 7.66. The van der Waals surface area contributed by atoms with Gasteiger partial charge in [-0.2, -0.15) is 0 Å². The topological polar surface area (TPSA) is 153 Å². The van der Waals surface area contributed by atoms with Crippen molar-refractivity contribution in [2.75, 3.05) is 53.9 Å². The number of nitro groups is 1. The van der Waals surface area contributed by atoms with Gasteiger partial charge in [-0.05, 0) is 19.4 Å². The molecule has 0 radical (unpaired) electrons. The van der Waals surface area contributed by atoms with E-state index in [1.165, 1.54) is 45.5 Å². The fraction of sp³-hybridized carbons (Fsp3) is 0.600. The predicted molar refractivity (Wildman–Crippen MR) is 126 cm³/mol. The number of carbonyl (C=O) groups excluding carboxylic acids is 2. The van der Waals surface area contributed by atoms with Crippen molar-refractivity contribution in [1.82, 2.24) is 4.90 Å². The monoisotopic (exact) mass is 536 g/mol. The number of hydrogen-bond donors (Lipinski definition) is 0. The summed E-state index contributed by atoms with van der Waals surface area (Å²) < 4.78 is 41.8. The Balaban J connectivity index is 1.93. The summed E-state index contributed by atoms with van der Waals surface area (Å²) in [5, 5.41) is 11.3. The number of ether oxygens (including phenoxy) is 3. The van der Waals surface area contributed by atoms with E-state index in [2.05, 4.69) is 9.05 Å². The van der Waals surface area contributed by atoms with Crippen LogP contribution in [0.4, 0.5) is 10.5 Å². The summed E-state index contributed by atoms with van der Waals surface area (Å²) in [6, 6.07) is 2.58. The van der Waals surface area contributed by atoms with Crippen LogP contribution in [0.3, 0.4) is 0 Å². The van der Waals surface area contributed by atoms with Gasteiger partial charge in [0.25, 0.3) is 5.69 Å². The van der Waals surface area contributed by atoms with E-state index in [1.54, 1.807) is 6.92 Å². The molecule has 1 aliphatic heterocycles. The zero-order valence-electron chi connectivity index (χ0n) is 20.1. The lowest BCUT2D eigenvalue weighted by atomic mass is 9.92. The molecule has 15 heteroatoms. The molecule has 0 aliphatic carbocycles. The summed E-state index contributed by atoms with van der Waals surface area (Å²) in [5.41, 5.74) is -0.952. The Morgan fingerprint density at radius 2 is 1.80 bits per heavy atom. The Morgan fingerprint density at radius 1 is 1.17 bits per heavy atom. The Kier molecular flexibility index (Phi) is 10.3. The lowest BCUT2D eigenvalue weighted by Crippen LogP contribution is -2.34. The number of methoxy groups -OCH3 is 2. The molecule has 35 heavy (non-hydrogen) atoms. The van der Waals surface area contributed by atoms with E-state index in [4.69, 9.17) is 18.7 Å². The minimum Gasteiger partial charge on any atom is -0.493 e. The molecule has 1 atom stereocenters. The van der Waals surface area contributed by atoms with Gasteiger partial charge >= 0.3 is 13.9 Å². The SMILES string of the molecule is COc1cc(COC(=O)N2CCC(C)(C(=O)SCCOP(=O)(OC)OC)C2)c([N+](=O)[O-])cc1OC. The van der Waals surface area contributed by atoms with Crippen LogP contribution in [0.15, 0.2) is 12.1 Å². The molecular formula is C20H29N2O11PS. The molecule has 0 N–H and O–H groups in total. The highest BCUT2D eigenvalue weighted by Gasteiger charge is 2.42. The fourth-order valence-electron chi connectivity index (χ4n) is 3.35. The van der Waals surface area contributed by atoms with Gasteiger partial charge in [0.05, 0.1) is 42.8 Å². The van der Waals surface area contributed by atoms with Crippen LogP contribution in [0.1, 0.15) is 18.9 Å². The van der Waals surface area contributed by atoms with Gasteiger partial charge in [0.15, 0.2) is 16.6 Å². The quantitative estimate of drug-likeness (QED) is 0.166. The van der Waals surface area contributed by atoms with Crippen molar-refractivity contribution in [3.05, 3.63) is 27.8 Å². The number of carbonyl (C=O) groups is 2. The number of phosphoric acid groups is 1. The summed E-state index contributed by atoms with van der Waals surface area (Å²) in [6.45, 7) is 1.77. The van der Waals surface area contributed by atoms with Crippen LogP contribution in [0, 0.1) is 15.5 Å². The number of amides is 1. The van der Waals surface area contributed by atoms with Crippen LogP contribution in [-0.4, -0.2) is 74.9 Å². The molecule has 0 saturated carbocycles. The van der Waals surface area contributed by atoms with Gasteiger partial charge in [-0.15, -0.1) is 0 Å². The van der Waals surface area contributed by atoms with Crippen LogP contribution in [0.2, 0.25) is 0 Å². The average Bonchev–Trinajstić information content (AvgIpc) is 3.27. The van der Waals surface area contributed by atoms with Gasteiger partial charge in [0, 0.05) is 33.1 Å². The summed E-state index contributed by atoms with van der Waals surface area (Å²) in [5.74, 6) is 0.661. The smallest absolute Gasteiger partial charge is 0.474 e. The standard InChI is InChI=1S/C20H29N2O11PS/c1-20(18(23)35-9-8-33-34(27,30-4)31-5)6-7-21(13-20)19(24)32-12-14-10-16(28-2)17(29-3)11-15(14)22(25)26/h10-11H,6-9,12-13H2,1-5H3. The molecule has 13 nitrogen and oxygen atoms in total. The van der Waals surface area contributed by atoms with E-state index < -0.39 is 24.3 Å². The van der Waals surface area contributed by atoms with Crippen LogP contribution in [0.25, 0.3) is 0 Å². The minimum absolute atomic E-state index is 0.0265. The first-order valence-corrected chi connectivity index (χ1v) is 12.8. The lowest BCUT2D eigenvalue weighted by molar-refractivity contribution is -0.385. The maximum atomic E-state index is 12.7. The molecule has 0 spiro atoms. The van der Waals surface area contributed by atoms with Crippen molar-refractivity contribution in [2.24, 2.45) is 5.41 Å². The highest BCUT2D eigenvalue weighted by Crippen LogP contribution is 2.47. The lowest BCUT2D eigenvalue weighted by Gasteiger charge is -2.22. The van der Waals surface area contributed by atoms with Gasteiger partial charge in [-0.1, -0.05) is 11.8 Å². The van der Waals surface area contributed by atoms with Gasteiger partial charge < -0.3 is 19.1 Å². The first-order valence-electron chi connectivity index (χ1n) is 10.4. The Bertz CT molecular complexity index is 984. The zero-order valence-corrected chi connectivity index (χ0v) is 21.8. The average molecular weight is 536 g/mol. The molecule has 2 rings (SSSR count). The van der Waals surface area contributed by atoms with E-state index in [9.17, 15) is 24.3 Å². The van der Waals surface area contributed by atoms with Crippen molar-refractivity contribution in [3.63, 3.8) is 0 Å². The van der Waals surface area contributed by atoms with E-state index in [0.717, 1.165) is 11.8 Å². The van der Waals surface area contributed by atoms with Crippen molar-refractivity contribution < 1.29 is 46.9 Å². The van der Waals surface area contributed by atoms with Crippen molar-refractivity contribution in [2.45, 2.75) is 20.0 Å². The molecule has 0 bridgehead atoms. The predicted octanol–water partition coefficient (Wildman–Crippen LogP) is 3.64. The normalized spacial score (nSPS) is 17.8. The molecule has 0 aromatic heterocycles. The highest BCUT2D eigenvalue weighted by molar-refractivity contribution is 8.13. The highest BCUT2D eigenvalue weighted by atomic mass is 32.2. The maximum Gasteiger partial charge on any atom is 0.474 e. The third kappa shape index (κ3) is 7.31. The molecule has 196 valence electrons. The number of nitrogens with zero attached hydrogens (tertiary/aromatic N) is 2.